The summed E-state index contributed by atoms with van der Waals surface area (Å²) in [4.78, 5) is 13.4. The lowest BCUT2D eigenvalue weighted by Crippen LogP contribution is -2.38. The summed E-state index contributed by atoms with van der Waals surface area (Å²) in [6, 6.07) is 5.35. The van der Waals surface area contributed by atoms with Crippen LogP contribution in [0.25, 0.3) is 0 Å². The molecule has 0 radical (unpaired) electrons. The van der Waals surface area contributed by atoms with Crippen LogP contribution in [0.3, 0.4) is 0 Å². The molecule has 0 aromatic heterocycles. The highest BCUT2D eigenvalue weighted by molar-refractivity contribution is 7.90. The van der Waals surface area contributed by atoms with Gasteiger partial charge in [-0.3, -0.25) is 4.79 Å². The van der Waals surface area contributed by atoms with Gasteiger partial charge in [0.2, 0.25) is 5.91 Å². The van der Waals surface area contributed by atoms with Gasteiger partial charge in [-0.25, -0.2) is 8.42 Å². The van der Waals surface area contributed by atoms with Crippen molar-refractivity contribution in [3.05, 3.63) is 23.8 Å². The highest BCUT2D eigenvalue weighted by atomic mass is 32.2. The first-order valence-electron chi connectivity index (χ1n) is 5.73. The second-order valence-electron chi connectivity index (χ2n) is 4.56. The van der Waals surface area contributed by atoms with Gasteiger partial charge in [0, 0.05) is 30.6 Å². The summed E-state index contributed by atoms with van der Waals surface area (Å²) in [6.07, 6.45) is 2.24. The number of carbonyl (C=O) groups is 1. The molecule has 2 rings (SSSR count). The Morgan fingerprint density at radius 3 is 2.72 bits per heavy atom. The fourth-order valence-electron chi connectivity index (χ4n) is 2.08. The minimum atomic E-state index is -3.08. The van der Waals surface area contributed by atoms with Gasteiger partial charge in [0.1, 0.15) is 9.84 Å². The molecule has 1 heterocycles. The number of nitrogen functional groups attached to an aromatic ring is 1. The standard InChI is InChI=1S/C12H16N2O3S/c1-18(16,17)7-6-14-11-4-3-10(13)8-9(11)2-5-12(14)15/h3-4,8H,2,5-7,13H2,1H3. The molecule has 2 N–H and O–H groups in total. The number of hydrogen-bond donors (Lipinski definition) is 1. The lowest BCUT2D eigenvalue weighted by Gasteiger charge is -2.29. The molecule has 0 aliphatic carbocycles. The van der Waals surface area contributed by atoms with E-state index in [4.69, 9.17) is 5.73 Å². The molecule has 0 unspecified atom stereocenters. The zero-order valence-electron chi connectivity index (χ0n) is 10.2. The van der Waals surface area contributed by atoms with Crippen LogP contribution in [0, 0.1) is 0 Å². The molecule has 1 aromatic rings. The van der Waals surface area contributed by atoms with Crippen LogP contribution >= 0.6 is 0 Å². The molecule has 0 saturated carbocycles. The van der Waals surface area contributed by atoms with Gasteiger partial charge < -0.3 is 10.6 Å². The number of anilines is 2. The van der Waals surface area contributed by atoms with Crippen LogP contribution < -0.4 is 10.6 Å². The van der Waals surface area contributed by atoms with Crippen LogP contribution in [0.15, 0.2) is 18.2 Å². The van der Waals surface area contributed by atoms with E-state index in [1.807, 2.05) is 6.07 Å². The van der Waals surface area contributed by atoms with Crippen LogP contribution in [-0.2, 0) is 21.1 Å². The van der Waals surface area contributed by atoms with Crippen molar-refractivity contribution in [3.63, 3.8) is 0 Å². The Kier molecular flexibility index (Phi) is 3.30. The molecule has 0 fully saturated rings. The monoisotopic (exact) mass is 268 g/mol. The number of nitrogens with two attached hydrogens (primary N) is 1. The number of hydrogen-bond acceptors (Lipinski definition) is 4. The Balaban J connectivity index is 2.28. The van der Waals surface area contributed by atoms with Crippen molar-refractivity contribution in [3.8, 4) is 0 Å². The van der Waals surface area contributed by atoms with Crippen LogP contribution in [0.5, 0.6) is 0 Å². The van der Waals surface area contributed by atoms with Gasteiger partial charge in [-0.05, 0) is 30.2 Å². The summed E-state index contributed by atoms with van der Waals surface area (Å²) >= 11 is 0. The fraction of sp³-hybridized carbons (Fsp3) is 0.417. The molecular formula is C12H16N2O3S. The van der Waals surface area contributed by atoms with E-state index < -0.39 is 9.84 Å². The number of fused-ring (bicyclic) bond motifs is 1. The van der Waals surface area contributed by atoms with Crippen LogP contribution in [0.1, 0.15) is 12.0 Å². The average Bonchev–Trinajstić information content (AvgIpc) is 2.26. The maximum absolute atomic E-state index is 11.9. The van der Waals surface area contributed by atoms with Crippen LogP contribution in [0.2, 0.25) is 0 Å². The Morgan fingerprint density at radius 2 is 2.06 bits per heavy atom. The molecule has 1 aliphatic rings. The SMILES string of the molecule is CS(=O)(=O)CCN1C(=O)CCc2cc(N)ccc21. The number of rotatable bonds is 3. The van der Waals surface area contributed by atoms with E-state index in [0.717, 1.165) is 11.3 Å². The van der Waals surface area contributed by atoms with Gasteiger partial charge in [-0.1, -0.05) is 0 Å². The summed E-state index contributed by atoms with van der Waals surface area (Å²) in [5, 5.41) is 0. The Bertz CT molecular complexity index is 581. The van der Waals surface area contributed by atoms with E-state index in [0.29, 0.717) is 18.5 Å². The number of benzene rings is 1. The Labute approximate surface area is 107 Å². The third-order valence-electron chi connectivity index (χ3n) is 2.99. The minimum Gasteiger partial charge on any atom is -0.399 e. The first kappa shape index (κ1) is 12.9. The van der Waals surface area contributed by atoms with E-state index in [-0.39, 0.29) is 18.2 Å². The van der Waals surface area contributed by atoms with E-state index in [1.54, 1.807) is 17.0 Å². The molecule has 1 aromatic carbocycles. The molecule has 6 heteroatoms. The van der Waals surface area contributed by atoms with Crippen molar-refractivity contribution >= 4 is 27.1 Å². The topological polar surface area (TPSA) is 80.5 Å². The smallest absolute Gasteiger partial charge is 0.227 e. The van der Waals surface area contributed by atoms with Crippen molar-refractivity contribution < 1.29 is 13.2 Å². The summed E-state index contributed by atoms with van der Waals surface area (Å²) in [5.41, 5.74) is 8.15. The fourth-order valence-corrected chi connectivity index (χ4v) is 2.60. The van der Waals surface area contributed by atoms with Gasteiger partial charge >= 0.3 is 0 Å². The predicted octanol–water partition coefficient (Wildman–Crippen LogP) is 0.593. The zero-order valence-corrected chi connectivity index (χ0v) is 11.0. The molecule has 98 valence electrons. The van der Waals surface area contributed by atoms with Crippen LogP contribution in [-0.4, -0.2) is 32.9 Å². The number of sulfone groups is 1. The van der Waals surface area contributed by atoms with Gasteiger partial charge in [0.05, 0.1) is 5.75 Å². The van der Waals surface area contributed by atoms with Crippen LogP contribution in [0.4, 0.5) is 11.4 Å². The summed E-state index contributed by atoms with van der Waals surface area (Å²) in [5.74, 6) is -0.0568. The lowest BCUT2D eigenvalue weighted by molar-refractivity contribution is -0.118. The Morgan fingerprint density at radius 1 is 1.33 bits per heavy atom. The van der Waals surface area contributed by atoms with Crippen molar-refractivity contribution in [1.82, 2.24) is 0 Å². The van der Waals surface area contributed by atoms with Crippen molar-refractivity contribution in [2.75, 3.05) is 29.2 Å². The molecule has 0 saturated heterocycles. The highest BCUT2D eigenvalue weighted by Gasteiger charge is 2.24. The summed E-state index contributed by atoms with van der Waals surface area (Å²) < 4.78 is 22.4. The predicted molar refractivity (Wildman–Crippen MR) is 71.2 cm³/mol. The maximum Gasteiger partial charge on any atom is 0.227 e. The van der Waals surface area contributed by atoms with E-state index in [2.05, 4.69) is 0 Å². The molecule has 0 spiro atoms. The Hall–Kier alpha value is -1.56. The first-order chi connectivity index (χ1) is 8.37. The molecule has 1 amide bonds. The number of aryl methyl sites for hydroxylation is 1. The lowest BCUT2D eigenvalue weighted by atomic mass is 10.0. The van der Waals surface area contributed by atoms with Crippen molar-refractivity contribution in [2.24, 2.45) is 0 Å². The van der Waals surface area contributed by atoms with Gasteiger partial charge in [-0.15, -0.1) is 0 Å². The van der Waals surface area contributed by atoms with E-state index >= 15 is 0 Å². The molecule has 18 heavy (non-hydrogen) atoms. The van der Waals surface area contributed by atoms with Gasteiger partial charge in [0.15, 0.2) is 0 Å². The third-order valence-corrected chi connectivity index (χ3v) is 3.91. The molecule has 0 bridgehead atoms. The highest BCUT2D eigenvalue weighted by Crippen LogP contribution is 2.29. The average molecular weight is 268 g/mol. The molecular weight excluding hydrogens is 252 g/mol. The summed E-state index contributed by atoms with van der Waals surface area (Å²) in [6.45, 7) is 0.203. The molecule has 0 atom stereocenters. The number of nitrogens with zero attached hydrogens (tertiary/aromatic N) is 1. The second-order valence-corrected chi connectivity index (χ2v) is 6.82. The minimum absolute atomic E-state index is 0.0252. The van der Waals surface area contributed by atoms with E-state index in [9.17, 15) is 13.2 Å². The largest absolute Gasteiger partial charge is 0.399 e. The third kappa shape index (κ3) is 2.81. The van der Waals surface area contributed by atoms with Gasteiger partial charge in [0.25, 0.3) is 0 Å². The van der Waals surface area contributed by atoms with Crippen molar-refractivity contribution in [1.29, 1.82) is 0 Å². The van der Waals surface area contributed by atoms with Gasteiger partial charge in [-0.2, -0.15) is 0 Å². The molecule has 5 nitrogen and oxygen atoms in total. The number of amides is 1. The zero-order chi connectivity index (χ0) is 13.3. The first-order valence-corrected chi connectivity index (χ1v) is 7.79. The second kappa shape index (κ2) is 4.61. The number of carbonyl (C=O) groups excluding carboxylic acids is 1. The van der Waals surface area contributed by atoms with E-state index in [1.165, 1.54) is 6.26 Å². The summed E-state index contributed by atoms with van der Waals surface area (Å²) in [7, 11) is -3.08. The quantitative estimate of drug-likeness (QED) is 0.814. The van der Waals surface area contributed by atoms with Crippen molar-refractivity contribution in [2.45, 2.75) is 12.8 Å². The molecule has 1 aliphatic heterocycles. The maximum atomic E-state index is 11.9. The normalized spacial score (nSPS) is 15.6.